The van der Waals surface area contributed by atoms with Gasteiger partial charge in [0.1, 0.15) is 5.82 Å². The zero-order valence-corrected chi connectivity index (χ0v) is 15.3. The van der Waals surface area contributed by atoms with Crippen LogP contribution in [0.4, 0.5) is 5.69 Å². The van der Waals surface area contributed by atoms with Crippen molar-refractivity contribution in [1.29, 1.82) is 0 Å². The number of rotatable bonds is 3. The lowest BCUT2D eigenvalue weighted by atomic mass is 9.95. The number of amides is 1. The number of nitrogens with one attached hydrogen (secondary N) is 1. The number of benzene rings is 2. The molecule has 0 atom stereocenters. The summed E-state index contributed by atoms with van der Waals surface area (Å²) < 4.78 is 0. The van der Waals surface area contributed by atoms with Crippen molar-refractivity contribution < 1.29 is 4.79 Å². The second kappa shape index (κ2) is 6.83. The quantitative estimate of drug-likeness (QED) is 0.786. The van der Waals surface area contributed by atoms with Gasteiger partial charge in [0.25, 0.3) is 5.91 Å². The molecule has 0 radical (unpaired) electrons. The molecule has 0 unspecified atom stereocenters. The number of fused-ring (bicyclic) bond motifs is 1. The molecule has 1 aliphatic heterocycles. The van der Waals surface area contributed by atoms with Crippen molar-refractivity contribution in [2.24, 2.45) is 0 Å². The highest BCUT2D eigenvalue weighted by Gasteiger charge is 2.26. The Bertz CT molecular complexity index is 889. The number of anilines is 1. The predicted octanol–water partition coefficient (Wildman–Crippen LogP) is 3.65. The normalized spacial score (nSPS) is 15.4. The highest BCUT2D eigenvalue weighted by molar-refractivity contribution is 5.95. The molecule has 0 bridgehead atoms. The van der Waals surface area contributed by atoms with Crippen LogP contribution in [0.1, 0.15) is 34.9 Å². The van der Waals surface area contributed by atoms with E-state index in [0.717, 1.165) is 54.0 Å². The van der Waals surface area contributed by atoms with E-state index in [0.29, 0.717) is 5.92 Å². The molecule has 1 aliphatic rings. The Morgan fingerprint density at radius 2 is 1.88 bits per heavy atom. The van der Waals surface area contributed by atoms with E-state index < -0.39 is 0 Å². The summed E-state index contributed by atoms with van der Waals surface area (Å²) in [7, 11) is 3.98. The van der Waals surface area contributed by atoms with Crippen molar-refractivity contribution in [2.75, 3.05) is 32.1 Å². The van der Waals surface area contributed by atoms with Crippen LogP contribution in [0, 0.1) is 0 Å². The number of carbonyl (C=O) groups excluding carboxylic acids is 1. The van der Waals surface area contributed by atoms with Crippen molar-refractivity contribution in [3.63, 3.8) is 0 Å². The zero-order valence-electron chi connectivity index (χ0n) is 15.3. The van der Waals surface area contributed by atoms with Crippen molar-refractivity contribution in [3.05, 3.63) is 59.9 Å². The van der Waals surface area contributed by atoms with Gasteiger partial charge in [0, 0.05) is 44.4 Å². The van der Waals surface area contributed by atoms with Crippen LogP contribution < -0.4 is 4.90 Å². The summed E-state index contributed by atoms with van der Waals surface area (Å²) in [6.45, 7) is 1.54. The number of piperidine rings is 1. The van der Waals surface area contributed by atoms with Crippen LogP contribution in [0.15, 0.2) is 48.5 Å². The molecule has 1 saturated heterocycles. The lowest BCUT2D eigenvalue weighted by molar-refractivity contribution is 0.0711. The average molecular weight is 348 g/mol. The maximum Gasteiger partial charge on any atom is 0.253 e. The van der Waals surface area contributed by atoms with Gasteiger partial charge < -0.3 is 14.8 Å². The average Bonchev–Trinajstić information content (AvgIpc) is 3.12. The Morgan fingerprint density at radius 1 is 1.12 bits per heavy atom. The first kappa shape index (κ1) is 16.6. The van der Waals surface area contributed by atoms with Gasteiger partial charge in [-0.15, -0.1) is 0 Å². The van der Waals surface area contributed by atoms with Gasteiger partial charge in [-0.2, -0.15) is 0 Å². The molecule has 1 amide bonds. The Labute approximate surface area is 153 Å². The third-order valence-electron chi connectivity index (χ3n) is 5.19. The van der Waals surface area contributed by atoms with Gasteiger partial charge in [-0.1, -0.05) is 18.2 Å². The van der Waals surface area contributed by atoms with Crippen molar-refractivity contribution in [2.45, 2.75) is 18.8 Å². The predicted molar refractivity (Wildman–Crippen MR) is 105 cm³/mol. The number of hydrogen-bond donors (Lipinski definition) is 1. The van der Waals surface area contributed by atoms with E-state index in [1.165, 1.54) is 0 Å². The summed E-state index contributed by atoms with van der Waals surface area (Å²) in [5.41, 5.74) is 3.91. The molecule has 5 nitrogen and oxygen atoms in total. The summed E-state index contributed by atoms with van der Waals surface area (Å²) >= 11 is 0. The van der Waals surface area contributed by atoms with Gasteiger partial charge in [0.05, 0.1) is 11.0 Å². The van der Waals surface area contributed by atoms with E-state index in [1.807, 2.05) is 66.4 Å². The smallest absolute Gasteiger partial charge is 0.253 e. The van der Waals surface area contributed by atoms with Gasteiger partial charge >= 0.3 is 0 Å². The highest BCUT2D eigenvalue weighted by atomic mass is 16.2. The molecule has 2 aromatic carbocycles. The van der Waals surface area contributed by atoms with E-state index in [1.54, 1.807) is 0 Å². The zero-order chi connectivity index (χ0) is 18.1. The van der Waals surface area contributed by atoms with Gasteiger partial charge in [0.2, 0.25) is 0 Å². The monoisotopic (exact) mass is 348 g/mol. The molecule has 1 N–H and O–H groups in total. The number of aromatic amines is 1. The molecule has 5 heteroatoms. The maximum absolute atomic E-state index is 12.8. The topological polar surface area (TPSA) is 52.2 Å². The molecule has 134 valence electrons. The molecule has 0 aliphatic carbocycles. The van der Waals surface area contributed by atoms with Crippen LogP contribution >= 0.6 is 0 Å². The molecule has 0 saturated carbocycles. The SMILES string of the molecule is CN(C)c1cccc(C(=O)N2CCC(c3nc4ccccc4[nH]3)CC2)c1. The van der Waals surface area contributed by atoms with Gasteiger partial charge in [-0.25, -0.2) is 4.98 Å². The lowest BCUT2D eigenvalue weighted by Crippen LogP contribution is -2.38. The van der Waals surface area contributed by atoms with E-state index in [-0.39, 0.29) is 5.91 Å². The molecule has 26 heavy (non-hydrogen) atoms. The Hall–Kier alpha value is -2.82. The minimum Gasteiger partial charge on any atom is -0.378 e. The van der Waals surface area contributed by atoms with Crippen LogP contribution in [-0.2, 0) is 0 Å². The second-order valence-electron chi connectivity index (χ2n) is 7.15. The number of nitrogens with zero attached hydrogens (tertiary/aromatic N) is 3. The third-order valence-corrected chi connectivity index (χ3v) is 5.19. The standard InChI is InChI=1S/C21H24N4O/c1-24(2)17-7-5-6-16(14-17)21(26)25-12-10-15(11-13-25)20-22-18-8-3-4-9-19(18)23-20/h3-9,14-15H,10-13H2,1-2H3,(H,22,23). The van der Waals surface area contributed by atoms with Crippen molar-refractivity contribution in [3.8, 4) is 0 Å². The Kier molecular flexibility index (Phi) is 4.37. The summed E-state index contributed by atoms with van der Waals surface area (Å²) in [5.74, 6) is 1.56. The Balaban J connectivity index is 1.44. The fourth-order valence-electron chi connectivity index (χ4n) is 3.62. The number of imidazole rings is 1. The highest BCUT2D eigenvalue weighted by Crippen LogP contribution is 2.28. The first-order valence-electron chi connectivity index (χ1n) is 9.13. The fraction of sp³-hybridized carbons (Fsp3) is 0.333. The van der Waals surface area contributed by atoms with E-state index >= 15 is 0 Å². The number of hydrogen-bond acceptors (Lipinski definition) is 3. The number of aromatic nitrogens is 2. The molecule has 3 aromatic rings. The molecule has 2 heterocycles. The van der Waals surface area contributed by atoms with E-state index in [2.05, 4.69) is 11.1 Å². The van der Waals surface area contributed by atoms with Crippen LogP contribution in [-0.4, -0.2) is 48.0 Å². The minimum absolute atomic E-state index is 0.122. The molecule has 1 aromatic heterocycles. The van der Waals surface area contributed by atoms with Crippen LogP contribution in [0.5, 0.6) is 0 Å². The lowest BCUT2D eigenvalue weighted by Gasteiger charge is -2.31. The van der Waals surface area contributed by atoms with Crippen LogP contribution in [0.2, 0.25) is 0 Å². The van der Waals surface area contributed by atoms with Crippen molar-refractivity contribution >= 4 is 22.6 Å². The largest absolute Gasteiger partial charge is 0.378 e. The van der Waals surface area contributed by atoms with E-state index in [9.17, 15) is 4.79 Å². The second-order valence-corrected chi connectivity index (χ2v) is 7.15. The maximum atomic E-state index is 12.8. The summed E-state index contributed by atoms with van der Waals surface area (Å²) in [5, 5.41) is 0. The van der Waals surface area contributed by atoms with Crippen molar-refractivity contribution in [1.82, 2.24) is 14.9 Å². The van der Waals surface area contributed by atoms with Crippen LogP contribution in [0.25, 0.3) is 11.0 Å². The van der Waals surface area contributed by atoms with Gasteiger partial charge in [0.15, 0.2) is 0 Å². The molecular formula is C21H24N4O. The van der Waals surface area contributed by atoms with E-state index in [4.69, 9.17) is 4.98 Å². The third kappa shape index (κ3) is 3.17. The summed E-state index contributed by atoms with van der Waals surface area (Å²) in [6.07, 6.45) is 1.89. The first-order chi connectivity index (χ1) is 12.6. The van der Waals surface area contributed by atoms with Crippen LogP contribution in [0.3, 0.4) is 0 Å². The number of para-hydroxylation sites is 2. The molecular weight excluding hydrogens is 324 g/mol. The number of likely N-dealkylation sites (tertiary alicyclic amines) is 1. The fourth-order valence-corrected chi connectivity index (χ4v) is 3.62. The molecule has 4 rings (SSSR count). The molecule has 1 fully saturated rings. The summed E-state index contributed by atoms with van der Waals surface area (Å²) in [6, 6.07) is 16.0. The Morgan fingerprint density at radius 3 is 2.62 bits per heavy atom. The van der Waals surface area contributed by atoms with Gasteiger partial charge in [-0.05, 0) is 43.2 Å². The molecule has 0 spiro atoms. The minimum atomic E-state index is 0.122. The summed E-state index contributed by atoms with van der Waals surface area (Å²) in [4.78, 5) is 25.0. The van der Waals surface area contributed by atoms with Gasteiger partial charge in [-0.3, -0.25) is 4.79 Å². The first-order valence-corrected chi connectivity index (χ1v) is 9.13. The number of H-pyrrole nitrogens is 1. The number of carbonyl (C=O) groups is 1.